The number of likely N-dealkylation sites (N-methyl/N-ethyl adjacent to an activating group) is 1. The second-order valence-electron chi connectivity index (χ2n) is 4.63. The zero-order valence-corrected chi connectivity index (χ0v) is 12.3. The quantitative estimate of drug-likeness (QED) is 0.509. The molecule has 0 aromatic carbocycles. The number of hydrazine groups is 1. The van der Waals surface area contributed by atoms with Crippen LogP contribution < -0.4 is 16.6 Å². The van der Waals surface area contributed by atoms with Crippen LogP contribution in [0.2, 0.25) is 0 Å². The van der Waals surface area contributed by atoms with E-state index in [4.69, 9.17) is 5.84 Å². The monoisotopic (exact) mass is 305 g/mol. The number of nitrogens with two attached hydrogens (primary N) is 1. The van der Waals surface area contributed by atoms with Gasteiger partial charge in [-0.3, -0.25) is 0 Å². The van der Waals surface area contributed by atoms with Gasteiger partial charge < -0.3 is 15.6 Å². The summed E-state index contributed by atoms with van der Waals surface area (Å²) in [5.74, 6) is 5.29. The lowest BCUT2D eigenvalue weighted by Gasteiger charge is -2.20. The minimum absolute atomic E-state index is 0.0202. The number of alkyl halides is 3. The third-order valence-corrected chi connectivity index (χ3v) is 3.02. The first-order valence-corrected chi connectivity index (χ1v) is 6.92. The van der Waals surface area contributed by atoms with E-state index in [2.05, 4.69) is 34.5 Å². The highest BCUT2D eigenvalue weighted by Crippen LogP contribution is 2.31. The van der Waals surface area contributed by atoms with Gasteiger partial charge in [-0.1, -0.05) is 13.8 Å². The molecule has 0 saturated carbocycles. The van der Waals surface area contributed by atoms with Crippen LogP contribution >= 0.6 is 0 Å². The predicted octanol–water partition coefficient (Wildman–Crippen LogP) is 2.53. The van der Waals surface area contributed by atoms with E-state index in [0.29, 0.717) is 6.54 Å². The minimum atomic E-state index is -4.43. The molecule has 21 heavy (non-hydrogen) atoms. The Morgan fingerprint density at radius 2 is 1.86 bits per heavy atom. The maximum atomic E-state index is 12.8. The Hall–Kier alpha value is -1.54. The SMILES string of the molecule is CCCN(CC)CCNc1cc(C(F)(F)F)cc(NN)n1. The number of hydrogen-bond acceptors (Lipinski definition) is 5. The van der Waals surface area contributed by atoms with Crippen molar-refractivity contribution in [3.05, 3.63) is 17.7 Å². The van der Waals surface area contributed by atoms with Crippen LogP contribution in [0.1, 0.15) is 25.8 Å². The normalized spacial score (nSPS) is 11.8. The molecule has 1 aromatic rings. The van der Waals surface area contributed by atoms with Gasteiger partial charge in [-0.2, -0.15) is 13.2 Å². The molecule has 0 radical (unpaired) electrons. The highest BCUT2D eigenvalue weighted by atomic mass is 19.4. The van der Waals surface area contributed by atoms with E-state index in [1.54, 1.807) is 0 Å². The van der Waals surface area contributed by atoms with Gasteiger partial charge in [-0.15, -0.1) is 0 Å². The number of aromatic nitrogens is 1. The molecule has 0 fully saturated rings. The average molecular weight is 305 g/mol. The van der Waals surface area contributed by atoms with Gasteiger partial charge in [0.15, 0.2) is 0 Å². The molecule has 0 aliphatic carbocycles. The summed E-state index contributed by atoms with van der Waals surface area (Å²) < 4.78 is 38.3. The fourth-order valence-corrected chi connectivity index (χ4v) is 1.95. The Morgan fingerprint density at radius 1 is 1.19 bits per heavy atom. The van der Waals surface area contributed by atoms with Gasteiger partial charge in [0.25, 0.3) is 0 Å². The summed E-state index contributed by atoms with van der Waals surface area (Å²) in [6.07, 6.45) is -3.39. The maximum absolute atomic E-state index is 12.8. The number of nitrogen functional groups attached to an aromatic ring is 1. The lowest BCUT2D eigenvalue weighted by atomic mass is 10.2. The third-order valence-electron chi connectivity index (χ3n) is 3.02. The van der Waals surface area contributed by atoms with Crippen LogP contribution in [0.25, 0.3) is 0 Å². The summed E-state index contributed by atoms with van der Waals surface area (Å²) in [5, 5.41) is 2.91. The van der Waals surface area contributed by atoms with Crippen molar-refractivity contribution < 1.29 is 13.2 Å². The van der Waals surface area contributed by atoms with Crippen molar-refractivity contribution in [3.8, 4) is 0 Å². The topological polar surface area (TPSA) is 66.2 Å². The molecule has 0 saturated heterocycles. The van der Waals surface area contributed by atoms with E-state index >= 15 is 0 Å². The van der Waals surface area contributed by atoms with Crippen molar-refractivity contribution in [1.29, 1.82) is 0 Å². The molecule has 0 spiro atoms. The summed E-state index contributed by atoms with van der Waals surface area (Å²) in [6, 6.07) is 1.86. The molecule has 1 aromatic heterocycles. The van der Waals surface area contributed by atoms with Crippen molar-refractivity contribution >= 4 is 11.6 Å². The molecule has 0 aliphatic heterocycles. The van der Waals surface area contributed by atoms with Crippen LogP contribution in [0, 0.1) is 0 Å². The molecule has 0 aliphatic rings. The van der Waals surface area contributed by atoms with Crippen LogP contribution in [0.15, 0.2) is 12.1 Å². The number of nitrogens with zero attached hydrogens (tertiary/aromatic N) is 2. The molecule has 5 nitrogen and oxygen atoms in total. The summed E-state index contributed by atoms with van der Waals surface area (Å²) in [4.78, 5) is 6.18. The second-order valence-corrected chi connectivity index (χ2v) is 4.63. The molecular formula is C13H22F3N5. The minimum Gasteiger partial charge on any atom is -0.369 e. The number of anilines is 2. The van der Waals surface area contributed by atoms with Crippen LogP contribution in [0.4, 0.5) is 24.8 Å². The van der Waals surface area contributed by atoms with E-state index in [1.807, 2.05) is 0 Å². The summed E-state index contributed by atoms with van der Waals surface area (Å²) >= 11 is 0. The molecular weight excluding hydrogens is 283 g/mol. The van der Waals surface area contributed by atoms with Crippen LogP contribution in [-0.4, -0.2) is 36.1 Å². The Balaban J connectivity index is 2.70. The Morgan fingerprint density at radius 3 is 2.38 bits per heavy atom. The van der Waals surface area contributed by atoms with Gasteiger partial charge in [0.1, 0.15) is 11.6 Å². The molecule has 0 amide bonds. The first-order valence-electron chi connectivity index (χ1n) is 6.92. The first-order chi connectivity index (χ1) is 9.90. The van der Waals surface area contributed by atoms with Crippen molar-refractivity contribution in [2.24, 2.45) is 5.84 Å². The number of nitrogens with one attached hydrogen (secondary N) is 2. The summed E-state index contributed by atoms with van der Waals surface area (Å²) in [5.41, 5.74) is 1.37. The average Bonchev–Trinajstić information content (AvgIpc) is 2.45. The largest absolute Gasteiger partial charge is 0.416 e. The smallest absolute Gasteiger partial charge is 0.369 e. The van der Waals surface area contributed by atoms with E-state index in [9.17, 15) is 13.2 Å². The van der Waals surface area contributed by atoms with E-state index in [0.717, 1.165) is 38.2 Å². The van der Waals surface area contributed by atoms with Crippen LogP contribution in [-0.2, 0) is 6.18 Å². The highest BCUT2D eigenvalue weighted by molar-refractivity contribution is 5.49. The molecule has 0 bridgehead atoms. The number of pyridine rings is 1. The summed E-state index contributed by atoms with van der Waals surface area (Å²) in [6.45, 7) is 7.27. The molecule has 1 heterocycles. The van der Waals surface area contributed by atoms with Gasteiger partial charge in [-0.25, -0.2) is 10.8 Å². The fraction of sp³-hybridized carbons (Fsp3) is 0.615. The van der Waals surface area contributed by atoms with Crippen molar-refractivity contribution in [2.75, 3.05) is 36.9 Å². The summed E-state index contributed by atoms with van der Waals surface area (Å²) in [7, 11) is 0. The predicted molar refractivity (Wildman–Crippen MR) is 77.9 cm³/mol. The van der Waals surface area contributed by atoms with Crippen molar-refractivity contribution in [3.63, 3.8) is 0 Å². The number of halogens is 3. The van der Waals surface area contributed by atoms with E-state index in [1.165, 1.54) is 0 Å². The van der Waals surface area contributed by atoms with Crippen LogP contribution in [0.3, 0.4) is 0 Å². The molecule has 120 valence electrons. The molecule has 8 heteroatoms. The van der Waals surface area contributed by atoms with Gasteiger partial charge in [-0.05, 0) is 31.6 Å². The van der Waals surface area contributed by atoms with Gasteiger partial charge in [0, 0.05) is 13.1 Å². The van der Waals surface area contributed by atoms with E-state index in [-0.39, 0.29) is 11.6 Å². The molecule has 0 atom stereocenters. The Kier molecular flexibility index (Phi) is 6.70. The molecule has 1 rings (SSSR count). The van der Waals surface area contributed by atoms with Crippen molar-refractivity contribution in [1.82, 2.24) is 9.88 Å². The zero-order chi connectivity index (χ0) is 15.9. The fourth-order valence-electron chi connectivity index (χ4n) is 1.95. The highest BCUT2D eigenvalue weighted by Gasteiger charge is 2.31. The first kappa shape index (κ1) is 17.5. The maximum Gasteiger partial charge on any atom is 0.416 e. The zero-order valence-electron chi connectivity index (χ0n) is 12.3. The van der Waals surface area contributed by atoms with Crippen molar-refractivity contribution in [2.45, 2.75) is 26.4 Å². The van der Waals surface area contributed by atoms with Gasteiger partial charge in [0.05, 0.1) is 5.56 Å². The Bertz CT molecular complexity index is 436. The van der Waals surface area contributed by atoms with Gasteiger partial charge in [0.2, 0.25) is 0 Å². The van der Waals surface area contributed by atoms with E-state index < -0.39 is 11.7 Å². The standard InChI is InChI=1S/C13H22F3N5/c1-3-6-21(4-2)7-5-18-11-8-10(13(14,15)16)9-12(19-11)20-17/h8-9H,3-7,17H2,1-2H3,(H2,18,19,20). The number of hydrogen-bond donors (Lipinski definition) is 3. The van der Waals surface area contributed by atoms with Gasteiger partial charge >= 0.3 is 6.18 Å². The van der Waals surface area contributed by atoms with Crippen LogP contribution in [0.5, 0.6) is 0 Å². The molecule has 4 N–H and O–H groups in total. The molecule has 0 unspecified atom stereocenters. The lowest BCUT2D eigenvalue weighted by Crippen LogP contribution is -2.29. The third kappa shape index (κ3) is 5.76. The second kappa shape index (κ2) is 8.04. The Labute approximate surface area is 122 Å². The number of rotatable bonds is 8. The lowest BCUT2D eigenvalue weighted by molar-refractivity contribution is -0.137.